The Hall–Kier alpha value is -6.63. The fraction of sp³-hybridized carbons (Fsp3) is 0. The average Bonchev–Trinajstić information content (AvgIpc) is 3.88. The molecule has 0 bridgehead atoms. The number of fused-ring (bicyclic) bond motifs is 9. The van der Waals surface area contributed by atoms with E-state index in [0.717, 1.165) is 76.8 Å². The predicted octanol–water partition coefficient (Wildman–Crippen LogP) is 12.2. The van der Waals surface area contributed by atoms with Gasteiger partial charge in [-0.15, -0.1) is 11.3 Å². The van der Waals surface area contributed by atoms with E-state index >= 15 is 0 Å². The van der Waals surface area contributed by atoms with E-state index in [0.29, 0.717) is 17.6 Å². The van der Waals surface area contributed by atoms with Gasteiger partial charge in [-0.25, -0.2) is 4.98 Å². The molecule has 0 radical (unpaired) electrons. The molecular formula is C45H26N4OS. The SMILES string of the molecule is c1ccc(-c2nc(-c3cccc4sc5c(-c6cccc7c6oc6ccccc67)cccc5c34)nc(-n3c4ccccc4c4ccccc43)n2)cc1. The predicted molar refractivity (Wildman–Crippen MR) is 211 cm³/mol. The minimum absolute atomic E-state index is 0.588. The van der Waals surface area contributed by atoms with Gasteiger partial charge in [0.15, 0.2) is 11.6 Å². The molecule has 11 rings (SSSR count). The van der Waals surface area contributed by atoms with Crippen molar-refractivity contribution in [1.82, 2.24) is 19.5 Å². The van der Waals surface area contributed by atoms with E-state index in [1.807, 2.05) is 30.3 Å². The monoisotopic (exact) mass is 670 g/mol. The molecule has 4 aromatic heterocycles. The molecule has 0 aliphatic heterocycles. The molecule has 0 aliphatic carbocycles. The van der Waals surface area contributed by atoms with Crippen LogP contribution in [0.15, 0.2) is 162 Å². The molecule has 4 heterocycles. The number of hydrogen-bond donors (Lipinski definition) is 0. The molecule has 0 saturated heterocycles. The minimum Gasteiger partial charge on any atom is -0.455 e. The van der Waals surface area contributed by atoms with Gasteiger partial charge in [-0.3, -0.25) is 4.57 Å². The van der Waals surface area contributed by atoms with Crippen molar-refractivity contribution in [2.75, 3.05) is 0 Å². The molecule has 51 heavy (non-hydrogen) atoms. The number of thiophene rings is 1. The highest BCUT2D eigenvalue weighted by molar-refractivity contribution is 7.26. The molecule has 0 fully saturated rings. The third-order valence-corrected chi connectivity index (χ3v) is 11.1. The summed E-state index contributed by atoms with van der Waals surface area (Å²) in [6.45, 7) is 0. The van der Waals surface area contributed by atoms with E-state index in [1.54, 1.807) is 11.3 Å². The van der Waals surface area contributed by atoms with Gasteiger partial charge in [0.2, 0.25) is 5.95 Å². The van der Waals surface area contributed by atoms with E-state index in [-0.39, 0.29) is 0 Å². The standard InChI is InChI=1S/C45H26N4OS/c1-2-13-27(14-3-1)43-46-44(48-45(47-43)49-36-23-7-4-15-28(36)29-16-5-8-24-37(29)49)35-22-12-26-39-40(35)34-21-11-20-33(42(34)51-39)32-19-10-18-31-30-17-6-9-25-38(30)50-41(31)32/h1-26H. The van der Waals surface area contributed by atoms with E-state index in [4.69, 9.17) is 19.4 Å². The molecule has 11 aromatic rings. The lowest BCUT2D eigenvalue weighted by Gasteiger charge is -2.11. The van der Waals surface area contributed by atoms with Crippen molar-refractivity contribution in [2.24, 2.45) is 0 Å². The third-order valence-electron chi connectivity index (χ3n) is 9.89. The highest BCUT2D eigenvalue weighted by atomic mass is 32.1. The first-order valence-electron chi connectivity index (χ1n) is 17.0. The Bertz CT molecular complexity index is 3100. The summed E-state index contributed by atoms with van der Waals surface area (Å²) in [5, 5.41) is 6.87. The van der Waals surface area contributed by atoms with Gasteiger partial charge in [0.25, 0.3) is 0 Å². The van der Waals surface area contributed by atoms with Crippen LogP contribution in [0.3, 0.4) is 0 Å². The van der Waals surface area contributed by atoms with Crippen molar-refractivity contribution in [1.29, 1.82) is 0 Å². The van der Waals surface area contributed by atoms with Gasteiger partial charge < -0.3 is 4.42 Å². The first-order valence-corrected chi connectivity index (χ1v) is 17.8. The lowest BCUT2D eigenvalue weighted by molar-refractivity contribution is 0.670. The smallest absolute Gasteiger partial charge is 0.238 e. The molecule has 0 N–H and O–H groups in total. The van der Waals surface area contributed by atoms with Crippen molar-refractivity contribution >= 4 is 75.3 Å². The zero-order valence-corrected chi connectivity index (χ0v) is 27.9. The lowest BCUT2D eigenvalue weighted by Crippen LogP contribution is -2.06. The fourth-order valence-electron chi connectivity index (χ4n) is 7.65. The van der Waals surface area contributed by atoms with Crippen LogP contribution in [0.25, 0.3) is 104 Å². The highest BCUT2D eigenvalue weighted by Crippen LogP contribution is 2.46. The van der Waals surface area contributed by atoms with E-state index < -0.39 is 0 Å². The van der Waals surface area contributed by atoms with Crippen LogP contribution in [-0.2, 0) is 0 Å². The Morgan fingerprint density at radius 2 is 1.06 bits per heavy atom. The lowest BCUT2D eigenvalue weighted by atomic mass is 9.99. The van der Waals surface area contributed by atoms with Crippen LogP contribution in [0.1, 0.15) is 0 Å². The number of benzene rings is 7. The Balaban J connectivity index is 1.18. The number of hydrogen-bond acceptors (Lipinski definition) is 5. The zero-order chi connectivity index (χ0) is 33.5. The van der Waals surface area contributed by atoms with Crippen molar-refractivity contribution in [3.8, 4) is 39.9 Å². The number of furan rings is 1. The van der Waals surface area contributed by atoms with Crippen LogP contribution in [0.4, 0.5) is 0 Å². The van der Waals surface area contributed by atoms with Gasteiger partial charge in [-0.2, -0.15) is 9.97 Å². The zero-order valence-electron chi connectivity index (χ0n) is 27.1. The quantitative estimate of drug-likeness (QED) is 0.187. The number of rotatable bonds is 4. The van der Waals surface area contributed by atoms with Gasteiger partial charge in [0, 0.05) is 64.0 Å². The maximum Gasteiger partial charge on any atom is 0.238 e. The Labute approximate surface area is 295 Å². The Morgan fingerprint density at radius 1 is 0.451 bits per heavy atom. The van der Waals surface area contributed by atoms with Crippen molar-refractivity contribution < 1.29 is 4.42 Å². The summed E-state index contributed by atoms with van der Waals surface area (Å²) in [4.78, 5) is 15.6. The van der Waals surface area contributed by atoms with Gasteiger partial charge in [-0.05, 0) is 24.3 Å². The molecule has 238 valence electrons. The molecule has 0 atom stereocenters. The van der Waals surface area contributed by atoms with E-state index in [2.05, 4.69) is 132 Å². The topological polar surface area (TPSA) is 56.7 Å². The molecular weight excluding hydrogens is 645 g/mol. The second kappa shape index (κ2) is 10.9. The summed E-state index contributed by atoms with van der Waals surface area (Å²) >= 11 is 1.80. The van der Waals surface area contributed by atoms with Gasteiger partial charge in [-0.1, -0.05) is 133 Å². The summed E-state index contributed by atoms with van der Waals surface area (Å²) in [7, 11) is 0. The van der Waals surface area contributed by atoms with Crippen LogP contribution in [0.2, 0.25) is 0 Å². The summed E-state index contributed by atoms with van der Waals surface area (Å²) in [6.07, 6.45) is 0. The van der Waals surface area contributed by atoms with Crippen molar-refractivity contribution in [3.63, 3.8) is 0 Å². The second-order valence-corrected chi connectivity index (χ2v) is 13.8. The maximum atomic E-state index is 6.49. The van der Waals surface area contributed by atoms with E-state index in [9.17, 15) is 0 Å². The molecule has 7 aromatic carbocycles. The largest absolute Gasteiger partial charge is 0.455 e. The molecule has 6 heteroatoms. The number of nitrogens with zero attached hydrogens (tertiary/aromatic N) is 4. The molecule has 0 spiro atoms. The summed E-state index contributed by atoms with van der Waals surface area (Å²) < 4.78 is 11.0. The normalized spacial score (nSPS) is 11.9. The molecule has 0 saturated carbocycles. The molecule has 0 unspecified atom stereocenters. The highest BCUT2D eigenvalue weighted by Gasteiger charge is 2.21. The first kappa shape index (κ1) is 28.2. The maximum absolute atomic E-state index is 6.49. The second-order valence-electron chi connectivity index (χ2n) is 12.8. The van der Waals surface area contributed by atoms with E-state index in [1.165, 1.54) is 9.40 Å². The van der Waals surface area contributed by atoms with Crippen LogP contribution < -0.4 is 0 Å². The van der Waals surface area contributed by atoms with Gasteiger partial charge in [0.05, 0.1) is 11.0 Å². The molecule has 0 amide bonds. The van der Waals surface area contributed by atoms with Gasteiger partial charge in [0.1, 0.15) is 11.2 Å². The first-order chi connectivity index (χ1) is 25.3. The Kier molecular flexibility index (Phi) is 6.05. The minimum atomic E-state index is 0.588. The van der Waals surface area contributed by atoms with Crippen LogP contribution in [-0.4, -0.2) is 19.5 Å². The van der Waals surface area contributed by atoms with Crippen LogP contribution in [0.5, 0.6) is 0 Å². The summed E-state index contributed by atoms with van der Waals surface area (Å²) in [5.41, 5.74) is 8.06. The summed E-state index contributed by atoms with van der Waals surface area (Å²) in [6, 6.07) is 54.8. The van der Waals surface area contributed by atoms with Crippen LogP contribution >= 0.6 is 11.3 Å². The number of aromatic nitrogens is 4. The Morgan fingerprint density at radius 3 is 1.86 bits per heavy atom. The van der Waals surface area contributed by atoms with Gasteiger partial charge >= 0.3 is 0 Å². The third kappa shape index (κ3) is 4.24. The average molecular weight is 671 g/mol. The number of para-hydroxylation sites is 4. The summed E-state index contributed by atoms with van der Waals surface area (Å²) in [5.74, 6) is 1.85. The fourth-order valence-corrected chi connectivity index (χ4v) is 8.90. The van der Waals surface area contributed by atoms with Crippen LogP contribution in [0, 0.1) is 0 Å². The molecule has 5 nitrogen and oxygen atoms in total. The molecule has 0 aliphatic rings. The van der Waals surface area contributed by atoms with Crippen molar-refractivity contribution in [2.45, 2.75) is 0 Å². The van der Waals surface area contributed by atoms with Crippen molar-refractivity contribution in [3.05, 3.63) is 158 Å².